The summed E-state index contributed by atoms with van der Waals surface area (Å²) in [6, 6.07) is 0. The average molecular weight is 127 g/mol. The Hall–Kier alpha value is -1.38. The van der Waals surface area contributed by atoms with Crippen molar-refractivity contribution in [3.8, 4) is 0 Å². The SMILES string of the molecule is C=C/C(N)=C\C(O)=C/O. The highest BCUT2D eigenvalue weighted by Crippen LogP contribution is 1.92. The maximum absolute atomic E-state index is 8.57. The quantitative estimate of drug-likeness (QED) is 0.382. The first kappa shape index (κ1) is 7.62. The zero-order valence-corrected chi connectivity index (χ0v) is 4.91. The second-order valence-electron chi connectivity index (χ2n) is 1.40. The van der Waals surface area contributed by atoms with E-state index in [4.69, 9.17) is 15.9 Å². The lowest BCUT2D eigenvalue weighted by molar-refractivity contribution is 0.377. The minimum atomic E-state index is -0.285. The summed E-state index contributed by atoms with van der Waals surface area (Å²) in [5.41, 5.74) is 5.48. The molecule has 0 aromatic heterocycles. The van der Waals surface area contributed by atoms with Crippen LogP contribution in [0.25, 0.3) is 0 Å². The predicted molar refractivity (Wildman–Crippen MR) is 35.8 cm³/mol. The van der Waals surface area contributed by atoms with Crippen LogP contribution in [-0.4, -0.2) is 10.2 Å². The Morgan fingerprint density at radius 2 is 2.11 bits per heavy atom. The van der Waals surface area contributed by atoms with Gasteiger partial charge in [0, 0.05) is 11.8 Å². The highest BCUT2D eigenvalue weighted by atomic mass is 16.3. The van der Waals surface area contributed by atoms with Crippen LogP contribution in [0.5, 0.6) is 0 Å². The highest BCUT2D eigenvalue weighted by Gasteiger charge is 1.84. The van der Waals surface area contributed by atoms with Gasteiger partial charge in [-0.1, -0.05) is 6.58 Å². The first-order valence-corrected chi connectivity index (χ1v) is 2.33. The van der Waals surface area contributed by atoms with Gasteiger partial charge in [-0.3, -0.25) is 0 Å². The summed E-state index contributed by atoms with van der Waals surface area (Å²) in [5.74, 6) is -0.285. The Morgan fingerprint density at radius 3 is 2.44 bits per heavy atom. The summed E-state index contributed by atoms with van der Waals surface area (Å²) in [5, 5.41) is 16.7. The maximum atomic E-state index is 8.57. The molecule has 0 heterocycles. The van der Waals surface area contributed by atoms with Gasteiger partial charge in [0.2, 0.25) is 0 Å². The number of aliphatic hydroxyl groups excluding tert-OH is 2. The van der Waals surface area contributed by atoms with Crippen molar-refractivity contribution in [3.05, 3.63) is 36.4 Å². The fraction of sp³-hybridized carbons (Fsp3) is 0. The lowest BCUT2D eigenvalue weighted by Gasteiger charge is -1.89. The molecule has 3 nitrogen and oxygen atoms in total. The summed E-state index contributed by atoms with van der Waals surface area (Å²) >= 11 is 0. The second kappa shape index (κ2) is 3.60. The van der Waals surface area contributed by atoms with Crippen molar-refractivity contribution in [1.29, 1.82) is 0 Å². The monoisotopic (exact) mass is 127 g/mol. The average Bonchev–Trinajstić information content (AvgIpc) is 1.87. The molecular formula is C6H9NO2. The molecule has 0 rings (SSSR count). The number of aliphatic hydroxyl groups is 2. The van der Waals surface area contributed by atoms with Crippen molar-refractivity contribution in [1.82, 2.24) is 0 Å². The Balaban J connectivity index is 4.11. The molecule has 0 unspecified atom stereocenters. The van der Waals surface area contributed by atoms with Crippen LogP contribution in [0.3, 0.4) is 0 Å². The molecule has 0 aromatic carbocycles. The predicted octanol–water partition coefficient (Wildman–Crippen LogP) is 0.972. The van der Waals surface area contributed by atoms with Gasteiger partial charge in [0.15, 0.2) is 5.76 Å². The van der Waals surface area contributed by atoms with Crippen LogP contribution in [0.1, 0.15) is 0 Å². The largest absolute Gasteiger partial charge is 0.512 e. The first-order valence-electron chi connectivity index (χ1n) is 2.33. The van der Waals surface area contributed by atoms with E-state index >= 15 is 0 Å². The number of hydrogen-bond donors (Lipinski definition) is 3. The second-order valence-corrected chi connectivity index (χ2v) is 1.40. The highest BCUT2D eigenvalue weighted by molar-refractivity contribution is 5.21. The number of rotatable bonds is 2. The maximum Gasteiger partial charge on any atom is 0.151 e. The van der Waals surface area contributed by atoms with E-state index in [9.17, 15) is 0 Å². The van der Waals surface area contributed by atoms with Crippen molar-refractivity contribution in [2.45, 2.75) is 0 Å². The molecule has 0 aromatic rings. The van der Waals surface area contributed by atoms with Gasteiger partial charge in [0.25, 0.3) is 0 Å². The van der Waals surface area contributed by atoms with E-state index in [0.717, 1.165) is 0 Å². The molecule has 0 saturated heterocycles. The standard InChI is InChI=1S/C6H9NO2/c1-2-5(7)3-6(9)4-8/h2-4,8-9H,1,7H2/b5-3+,6-4+. The van der Waals surface area contributed by atoms with Crippen molar-refractivity contribution < 1.29 is 10.2 Å². The fourth-order valence-electron chi connectivity index (χ4n) is 0.267. The molecule has 0 saturated carbocycles. The van der Waals surface area contributed by atoms with Crippen LogP contribution in [-0.2, 0) is 0 Å². The third kappa shape index (κ3) is 3.22. The van der Waals surface area contributed by atoms with Gasteiger partial charge in [0.1, 0.15) is 6.26 Å². The first-order chi connectivity index (χ1) is 4.20. The van der Waals surface area contributed by atoms with Crippen molar-refractivity contribution >= 4 is 0 Å². The molecule has 50 valence electrons. The molecule has 9 heavy (non-hydrogen) atoms. The molecule has 0 fully saturated rings. The van der Waals surface area contributed by atoms with Crippen molar-refractivity contribution in [2.24, 2.45) is 5.73 Å². The van der Waals surface area contributed by atoms with Crippen LogP contribution in [0, 0.1) is 0 Å². The van der Waals surface area contributed by atoms with E-state index in [1.54, 1.807) is 0 Å². The summed E-state index contributed by atoms with van der Waals surface area (Å²) in [7, 11) is 0. The summed E-state index contributed by atoms with van der Waals surface area (Å²) in [6.45, 7) is 3.33. The van der Waals surface area contributed by atoms with E-state index in [1.165, 1.54) is 12.2 Å². The van der Waals surface area contributed by atoms with E-state index in [0.29, 0.717) is 12.0 Å². The lowest BCUT2D eigenvalue weighted by Crippen LogP contribution is -1.92. The van der Waals surface area contributed by atoms with Gasteiger partial charge < -0.3 is 15.9 Å². The van der Waals surface area contributed by atoms with Crippen LogP contribution in [0.15, 0.2) is 36.4 Å². The molecule has 0 spiro atoms. The molecule has 0 atom stereocenters. The Labute approximate surface area is 53.4 Å². The van der Waals surface area contributed by atoms with Gasteiger partial charge in [-0.05, 0) is 6.08 Å². The Bertz CT molecular complexity index is 158. The van der Waals surface area contributed by atoms with E-state index in [1.807, 2.05) is 0 Å². The smallest absolute Gasteiger partial charge is 0.151 e. The minimum Gasteiger partial charge on any atom is -0.512 e. The summed E-state index contributed by atoms with van der Waals surface area (Å²) in [4.78, 5) is 0. The van der Waals surface area contributed by atoms with Crippen LogP contribution in [0.2, 0.25) is 0 Å². The molecule has 0 radical (unpaired) electrons. The van der Waals surface area contributed by atoms with Gasteiger partial charge in [-0.2, -0.15) is 0 Å². The molecular weight excluding hydrogens is 118 g/mol. The Kier molecular flexibility index (Phi) is 3.05. The Morgan fingerprint density at radius 1 is 1.56 bits per heavy atom. The van der Waals surface area contributed by atoms with E-state index < -0.39 is 0 Å². The third-order valence-corrected chi connectivity index (χ3v) is 0.683. The summed E-state index contributed by atoms with van der Waals surface area (Å²) < 4.78 is 0. The lowest BCUT2D eigenvalue weighted by atomic mass is 10.4. The fourth-order valence-corrected chi connectivity index (χ4v) is 0.267. The van der Waals surface area contributed by atoms with Gasteiger partial charge in [-0.15, -0.1) is 0 Å². The third-order valence-electron chi connectivity index (χ3n) is 0.683. The summed E-state index contributed by atoms with van der Waals surface area (Å²) in [6.07, 6.45) is 3.10. The van der Waals surface area contributed by atoms with Crippen LogP contribution in [0.4, 0.5) is 0 Å². The molecule has 0 amide bonds. The van der Waals surface area contributed by atoms with Gasteiger partial charge in [-0.25, -0.2) is 0 Å². The van der Waals surface area contributed by atoms with E-state index in [-0.39, 0.29) is 5.76 Å². The molecule has 0 aliphatic carbocycles. The minimum absolute atomic E-state index is 0.285. The van der Waals surface area contributed by atoms with Crippen molar-refractivity contribution in [3.63, 3.8) is 0 Å². The van der Waals surface area contributed by atoms with Gasteiger partial charge >= 0.3 is 0 Å². The zero-order valence-electron chi connectivity index (χ0n) is 4.91. The molecule has 0 bridgehead atoms. The molecule has 0 aliphatic rings. The molecule has 0 aliphatic heterocycles. The van der Waals surface area contributed by atoms with E-state index in [2.05, 4.69) is 6.58 Å². The van der Waals surface area contributed by atoms with Crippen LogP contribution < -0.4 is 5.73 Å². The molecule has 4 N–H and O–H groups in total. The number of allylic oxidation sites excluding steroid dienone is 2. The zero-order chi connectivity index (χ0) is 7.28. The number of hydrogen-bond acceptors (Lipinski definition) is 3. The number of nitrogens with two attached hydrogens (primary N) is 1. The molecule has 3 heteroatoms. The topological polar surface area (TPSA) is 66.5 Å². The van der Waals surface area contributed by atoms with Gasteiger partial charge in [0.05, 0.1) is 0 Å². The van der Waals surface area contributed by atoms with Crippen molar-refractivity contribution in [2.75, 3.05) is 0 Å². The normalized spacial score (nSPS) is 13.3. The van der Waals surface area contributed by atoms with Crippen LogP contribution >= 0.6 is 0 Å².